The third kappa shape index (κ3) is 6.63. The van der Waals surface area contributed by atoms with Gasteiger partial charge in [0.2, 0.25) is 0 Å². The molecule has 250 valence electrons. The number of hydrogen-bond acceptors (Lipinski definition) is 7. The summed E-state index contributed by atoms with van der Waals surface area (Å²) in [7, 11) is 0. The number of halogens is 4. The normalized spacial score (nSPS) is 16.0. The zero-order valence-electron chi connectivity index (χ0n) is 25.7. The largest absolute Gasteiger partial charge is 0.490 e. The molecule has 2 aliphatic rings. The summed E-state index contributed by atoms with van der Waals surface area (Å²) in [4.78, 5) is 40.6. The number of hydrogen-bond donors (Lipinski definition) is 2. The van der Waals surface area contributed by atoms with Crippen LogP contribution < -0.4 is 16.6 Å². The lowest BCUT2D eigenvalue weighted by Crippen LogP contribution is -2.40. The van der Waals surface area contributed by atoms with Crippen LogP contribution in [0.3, 0.4) is 0 Å². The summed E-state index contributed by atoms with van der Waals surface area (Å²) in [5.41, 5.74) is 3.44. The van der Waals surface area contributed by atoms with Crippen LogP contribution in [0, 0.1) is 23.7 Å². The first kappa shape index (κ1) is 33.5. The summed E-state index contributed by atoms with van der Waals surface area (Å²) < 4.78 is 38.0. The number of nitrogens with zero attached hydrogens (tertiary/aromatic N) is 5. The van der Waals surface area contributed by atoms with E-state index in [4.69, 9.17) is 21.5 Å². The highest BCUT2D eigenvalue weighted by Crippen LogP contribution is 2.41. The van der Waals surface area contributed by atoms with Gasteiger partial charge in [-0.1, -0.05) is 11.6 Å². The number of thiophene rings is 1. The monoisotopic (exact) mass is 698 g/mol. The Morgan fingerprint density at radius 3 is 2.54 bits per heavy atom. The molecule has 48 heavy (non-hydrogen) atoms. The first-order valence-electron chi connectivity index (χ1n) is 15.2. The van der Waals surface area contributed by atoms with Gasteiger partial charge in [-0.05, 0) is 76.0 Å². The van der Waals surface area contributed by atoms with Gasteiger partial charge in [0.15, 0.2) is 0 Å². The zero-order valence-corrected chi connectivity index (χ0v) is 27.3. The van der Waals surface area contributed by atoms with Crippen molar-refractivity contribution in [1.82, 2.24) is 24.0 Å². The van der Waals surface area contributed by atoms with E-state index in [9.17, 15) is 28.0 Å². The Hall–Kier alpha value is -4.45. The van der Waals surface area contributed by atoms with Crippen molar-refractivity contribution in [2.75, 3.05) is 13.1 Å². The smallest absolute Gasteiger partial charge is 0.475 e. The zero-order chi connectivity index (χ0) is 34.4. The van der Waals surface area contributed by atoms with Gasteiger partial charge in [-0.25, -0.2) is 9.59 Å². The fraction of sp³-hybridized carbons (Fsp3) is 0.364. The van der Waals surface area contributed by atoms with Gasteiger partial charge in [0.1, 0.15) is 0 Å². The van der Waals surface area contributed by atoms with E-state index in [1.54, 1.807) is 35.2 Å². The lowest BCUT2D eigenvalue weighted by atomic mass is 9.80. The third-order valence-corrected chi connectivity index (χ3v) is 10.1. The van der Waals surface area contributed by atoms with Gasteiger partial charge in [-0.2, -0.15) is 18.4 Å². The van der Waals surface area contributed by atoms with Crippen molar-refractivity contribution in [3.63, 3.8) is 0 Å². The number of aromatic nitrogens is 4. The van der Waals surface area contributed by atoms with E-state index < -0.39 is 17.6 Å². The second-order valence-electron chi connectivity index (χ2n) is 12.2. The Labute approximate surface area is 280 Å². The van der Waals surface area contributed by atoms with Crippen LogP contribution in [0.2, 0.25) is 5.02 Å². The van der Waals surface area contributed by atoms with E-state index in [0.717, 1.165) is 75.9 Å². The average Bonchev–Trinajstić information content (AvgIpc) is 3.69. The number of carboxylic acids is 1. The van der Waals surface area contributed by atoms with Gasteiger partial charge in [-0.3, -0.25) is 18.9 Å². The molecule has 1 saturated carbocycles. The van der Waals surface area contributed by atoms with Crippen molar-refractivity contribution >= 4 is 50.0 Å². The molecule has 0 spiro atoms. The van der Waals surface area contributed by atoms with Crippen LogP contribution in [-0.4, -0.2) is 49.0 Å². The van der Waals surface area contributed by atoms with Gasteiger partial charge < -0.3 is 15.0 Å². The molecule has 7 rings (SSSR count). The van der Waals surface area contributed by atoms with Gasteiger partial charge >= 0.3 is 17.8 Å². The molecular weight excluding hydrogens is 669 g/mol. The highest BCUT2D eigenvalue weighted by Gasteiger charge is 2.38. The summed E-state index contributed by atoms with van der Waals surface area (Å²) >= 11 is 8.18. The average molecular weight is 699 g/mol. The van der Waals surface area contributed by atoms with Crippen molar-refractivity contribution in [2.45, 2.75) is 57.9 Å². The van der Waals surface area contributed by atoms with Crippen LogP contribution in [0.4, 0.5) is 13.2 Å². The van der Waals surface area contributed by atoms with Crippen LogP contribution in [0.25, 0.3) is 32.2 Å². The number of carbonyl (C=O) groups is 1. The molecule has 1 aromatic carbocycles. The summed E-state index contributed by atoms with van der Waals surface area (Å²) in [5.74, 6) is -2.76. The molecule has 5 aromatic rings. The number of alkyl halides is 3. The van der Waals surface area contributed by atoms with E-state index in [2.05, 4.69) is 33.2 Å². The molecule has 5 heterocycles. The first-order valence-corrected chi connectivity index (χ1v) is 16.4. The molecule has 0 bridgehead atoms. The number of nitrogens with one attached hydrogen (secondary N) is 1. The van der Waals surface area contributed by atoms with Crippen LogP contribution >= 0.6 is 22.9 Å². The molecule has 2 N–H and O–H groups in total. The number of rotatable bonds is 6. The fourth-order valence-electron chi connectivity index (χ4n) is 6.13. The molecule has 0 radical (unpaired) electrons. The topological polar surface area (TPSA) is 135 Å². The Bertz CT molecular complexity index is 2200. The van der Waals surface area contributed by atoms with Gasteiger partial charge in [-0.15, -0.1) is 11.3 Å². The molecule has 1 aliphatic heterocycles. The molecule has 0 unspecified atom stereocenters. The maximum Gasteiger partial charge on any atom is 0.490 e. The highest BCUT2D eigenvalue weighted by molar-refractivity contribution is 7.19. The minimum Gasteiger partial charge on any atom is -0.475 e. The van der Waals surface area contributed by atoms with Crippen LogP contribution in [0.15, 0.2) is 58.5 Å². The van der Waals surface area contributed by atoms with Crippen molar-refractivity contribution in [1.29, 1.82) is 5.26 Å². The third-order valence-electron chi connectivity index (χ3n) is 8.71. The van der Waals surface area contributed by atoms with Gasteiger partial charge in [0.25, 0.3) is 5.56 Å². The number of piperidine rings is 1. The van der Waals surface area contributed by atoms with E-state index >= 15 is 0 Å². The number of pyridine rings is 1. The van der Waals surface area contributed by atoms with Crippen LogP contribution in [0.1, 0.15) is 42.2 Å². The Kier molecular flexibility index (Phi) is 8.97. The van der Waals surface area contributed by atoms with Gasteiger partial charge in [0.05, 0.1) is 33.8 Å². The summed E-state index contributed by atoms with van der Waals surface area (Å²) in [6.45, 7) is 4.25. The molecule has 0 amide bonds. The standard InChI is InChI=1S/C31H29ClN6O2S.C2HF3O2/c1-19-15-37(22-2-3-22)30(40)38(29(19)39)16-23-14-26-28(41-23)24(4-8-35-26)25-13-21(32)12-20-5-11-36(27(20)25)18-31(17-33)6-9-34-10-7-31;3-2(4,5)1(6)7/h4-5,8,11-15,22,34H,2-3,6-7,9-10,16,18H2,1H3;(H,6,7). The molecule has 10 nitrogen and oxygen atoms in total. The van der Waals surface area contributed by atoms with E-state index in [0.29, 0.717) is 17.1 Å². The number of aliphatic carboxylic acids is 1. The molecule has 2 fully saturated rings. The maximum atomic E-state index is 13.2. The predicted octanol–water partition coefficient (Wildman–Crippen LogP) is 6.11. The summed E-state index contributed by atoms with van der Waals surface area (Å²) in [5, 5.41) is 22.3. The van der Waals surface area contributed by atoms with Crippen molar-refractivity contribution in [3.8, 4) is 17.2 Å². The Morgan fingerprint density at radius 2 is 1.90 bits per heavy atom. The van der Waals surface area contributed by atoms with Crippen LogP contribution in [0.5, 0.6) is 0 Å². The van der Waals surface area contributed by atoms with Crippen molar-refractivity contribution in [3.05, 3.63) is 85.2 Å². The van der Waals surface area contributed by atoms with Crippen molar-refractivity contribution < 1.29 is 23.1 Å². The number of nitriles is 1. The maximum absolute atomic E-state index is 13.2. The Balaban J connectivity index is 0.000000519. The van der Waals surface area contributed by atoms with Crippen LogP contribution in [-0.2, 0) is 17.9 Å². The quantitative estimate of drug-likeness (QED) is 0.218. The molecule has 1 aliphatic carbocycles. The summed E-state index contributed by atoms with van der Waals surface area (Å²) in [6.07, 6.45) is 4.01. The van der Waals surface area contributed by atoms with E-state index in [1.165, 1.54) is 4.57 Å². The minimum absolute atomic E-state index is 0.190. The Morgan fingerprint density at radius 1 is 1.19 bits per heavy atom. The minimum atomic E-state index is -5.08. The molecular formula is C33H30ClF3N6O4S. The number of benzene rings is 1. The van der Waals surface area contributed by atoms with E-state index in [1.807, 2.05) is 24.3 Å². The molecule has 4 aromatic heterocycles. The SMILES string of the molecule is Cc1cn(C2CC2)c(=O)n(Cc2cc3nccc(-c4cc(Cl)cc5ccn(CC6(C#N)CCNCC6)c45)c3s2)c1=O.O=C(O)C(F)(F)F. The second kappa shape index (κ2) is 12.9. The lowest BCUT2D eigenvalue weighted by Gasteiger charge is -2.32. The second-order valence-corrected chi connectivity index (χ2v) is 13.8. The van der Waals surface area contributed by atoms with E-state index in [-0.39, 0.29) is 23.8 Å². The molecule has 1 saturated heterocycles. The number of aryl methyl sites for hydroxylation is 1. The van der Waals surface area contributed by atoms with Gasteiger partial charge in [0, 0.05) is 63.2 Å². The number of carboxylic acid groups (broad SMARTS) is 1. The predicted molar refractivity (Wildman–Crippen MR) is 176 cm³/mol. The molecule has 0 atom stereocenters. The number of fused-ring (bicyclic) bond motifs is 2. The summed E-state index contributed by atoms with van der Waals surface area (Å²) in [6, 6.07) is 12.8. The van der Waals surface area contributed by atoms with Crippen molar-refractivity contribution in [2.24, 2.45) is 5.41 Å². The molecule has 15 heteroatoms. The first-order chi connectivity index (χ1) is 22.8. The highest BCUT2D eigenvalue weighted by atomic mass is 35.5. The fourth-order valence-corrected chi connectivity index (χ4v) is 7.49. The lowest BCUT2D eigenvalue weighted by molar-refractivity contribution is -0.192.